The van der Waals surface area contributed by atoms with Crippen LogP contribution >= 0.6 is 15.9 Å². The third-order valence-electron chi connectivity index (χ3n) is 2.75. The molecule has 0 radical (unpaired) electrons. The van der Waals surface area contributed by atoms with Crippen LogP contribution in [0.25, 0.3) is 0 Å². The molecule has 0 spiro atoms. The van der Waals surface area contributed by atoms with Gasteiger partial charge in [-0.15, -0.1) is 0 Å². The summed E-state index contributed by atoms with van der Waals surface area (Å²) >= 11 is 3.34. The van der Waals surface area contributed by atoms with Crippen LogP contribution in [0.3, 0.4) is 0 Å². The maximum absolute atomic E-state index is 13.0. The first-order valence-corrected chi connectivity index (χ1v) is 6.64. The van der Waals surface area contributed by atoms with Crippen LogP contribution in [0.1, 0.15) is 18.1 Å². The van der Waals surface area contributed by atoms with Gasteiger partial charge in [0, 0.05) is 10.0 Å². The average molecular weight is 309 g/mol. The van der Waals surface area contributed by atoms with Crippen LogP contribution in [-0.4, -0.2) is 0 Å². The molecule has 0 amide bonds. The summed E-state index contributed by atoms with van der Waals surface area (Å²) in [7, 11) is 0. The minimum Gasteiger partial charge on any atom is -0.489 e. The molecule has 94 valence electrons. The Kier molecular flexibility index (Phi) is 4.37. The molecule has 2 aromatic carbocycles. The van der Waals surface area contributed by atoms with Crippen molar-refractivity contribution in [3.05, 3.63) is 63.9 Å². The molecular formula is C15H14BrFO. The van der Waals surface area contributed by atoms with Crippen LogP contribution in [0.4, 0.5) is 4.39 Å². The van der Waals surface area contributed by atoms with Crippen molar-refractivity contribution < 1.29 is 9.13 Å². The van der Waals surface area contributed by atoms with Crippen molar-refractivity contribution in [3.63, 3.8) is 0 Å². The van der Waals surface area contributed by atoms with Crippen molar-refractivity contribution in [2.24, 2.45) is 0 Å². The number of aryl methyl sites for hydroxylation is 1. The van der Waals surface area contributed by atoms with E-state index in [4.69, 9.17) is 4.74 Å². The van der Waals surface area contributed by atoms with Gasteiger partial charge in [0.05, 0.1) is 0 Å². The SMILES string of the molecule is CCc1ccccc1OCc1ccc(F)cc1Br. The predicted molar refractivity (Wildman–Crippen MR) is 74.3 cm³/mol. The molecule has 0 N–H and O–H groups in total. The quantitative estimate of drug-likeness (QED) is 0.793. The van der Waals surface area contributed by atoms with E-state index in [0.29, 0.717) is 6.61 Å². The second kappa shape index (κ2) is 6.01. The lowest BCUT2D eigenvalue weighted by atomic mass is 10.1. The van der Waals surface area contributed by atoms with Crippen LogP contribution in [0.5, 0.6) is 5.75 Å². The average Bonchev–Trinajstić information content (AvgIpc) is 2.38. The van der Waals surface area contributed by atoms with Crippen molar-refractivity contribution in [2.75, 3.05) is 0 Å². The van der Waals surface area contributed by atoms with E-state index < -0.39 is 0 Å². The molecule has 0 aliphatic rings. The standard InChI is InChI=1S/C15H14BrFO/c1-2-11-5-3-4-6-15(11)18-10-12-7-8-13(17)9-14(12)16/h3-9H,2,10H2,1H3. The minimum atomic E-state index is -0.250. The lowest BCUT2D eigenvalue weighted by Crippen LogP contribution is -1.99. The second-order valence-corrected chi connectivity index (χ2v) is 4.84. The smallest absolute Gasteiger partial charge is 0.124 e. The first-order valence-electron chi connectivity index (χ1n) is 5.85. The van der Waals surface area contributed by atoms with Crippen LogP contribution in [-0.2, 0) is 13.0 Å². The largest absolute Gasteiger partial charge is 0.489 e. The minimum absolute atomic E-state index is 0.250. The summed E-state index contributed by atoms with van der Waals surface area (Å²) in [6.07, 6.45) is 0.931. The zero-order valence-electron chi connectivity index (χ0n) is 10.1. The molecule has 0 atom stereocenters. The van der Waals surface area contributed by atoms with Crippen molar-refractivity contribution in [1.29, 1.82) is 0 Å². The molecule has 18 heavy (non-hydrogen) atoms. The van der Waals surface area contributed by atoms with Crippen molar-refractivity contribution in [2.45, 2.75) is 20.0 Å². The predicted octanol–water partition coefficient (Wildman–Crippen LogP) is 4.73. The number of halogens is 2. The molecule has 1 nitrogen and oxygen atoms in total. The topological polar surface area (TPSA) is 9.23 Å². The lowest BCUT2D eigenvalue weighted by molar-refractivity contribution is 0.302. The summed E-state index contributed by atoms with van der Waals surface area (Å²) in [5.74, 6) is 0.635. The van der Waals surface area contributed by atoms with Gasteiger partial charge in [-0.05, 0) is 30.2 Å². The molecule has 0 bridgehead atoms. The first kappa shape index (κ1) is 13.1. The van der Waals surface area contributed by atoms with E-state index in [2.05, 4.69) is 28.9 Å². The highest BCUT2D eigenvalue weighted by Crippen LogP contribution is 2.23. The summed E-state index contributed by atoms with van der Waals surface area (Å²) in [5, 5.41) is 0. The highest BCUT2D eigenvalue weighted by atomic mass is 79.9. The molecule has 0 heterocycles. The normalized spacial score (nSPS) is 10.4. The van der Waals surface area contributed by atoms with Crippen molar-refractivity contribution >= 4 is 15.9 Å². The highest BCUT2D eigenvalue weighted by molar-refractivity contribution is 9.10. The molecule has 0 aliphatic carbocycles. The summed E-state index contributed by atoms with van der Waals surface area (Å²) in [6, 6.07) is 12.6. The Hall–Kier alpha value is -1.35. The molecule has 0 saturated heterocycles. The number of ether oxygens (including phenoxy) is 1. The maximum Gasteiger partial charge on any atom is 0.124 e. The summed E-state index contributed by atoms with van der Waals surface area (Å²) < 4.78 is 19.5. The number of para-hydroxylation sites is 1. The zero-order valence-corrected chi connectivity index (χ0v) is 11.7. The fraction of sp³-hybridized carbons (Fsp3) is 0.200. The van der Waals surface area contributed by atoms with Crippen LogP contribution < -0.4 is 4.74 Å². The number of hydrogen-bond acceptors (Lipinski definition) is 1. The van der Waals surface area contributed by atoms with E-state index in [1.54, 1.807) is 6.07 Å². The zero-order chi connectivity index (χ0) is 13.0. The van der Waals surface area contributed by atoms with E-state index in [1.807, 2.05) is 18.2 Å². The van der Waals surface area contributed by atoms with Gasteiger partial charge >= 0.3 is 0 Å². The Morgan fingerprint density at radius 2 is 1.89 bits per heavy atom. The molecular weight excluding hydrogens is 295 g/mol. The van der Waals surface area contributed by atoms with Crippen molar-refractivity contribution in [1.82, 2.24) is 0 Å². The summed E-state index contributed by atoms with van der Waals surface area (Å²) in [4.78, 5) is 0. The molecule has 2 aromatic rings. The van der Waals surface area contributed by atoms with E-state index in [1.165, 1.54) is 17.7 Å². The van der Waals surface area contributed by atoms with E-state index in [-0.39, 0.29) is 5.82 Å². The van der Waals surface area contributed by atoms with Gasteiger partial charge in [0.25, 0.3) is 0 Å². The Morgan fingerprint density at radius 3 is 2.61 bits per heavy atom. The molecule has 0 fully saturated rings. The Morgan fingerprint density at radius 1 is 1.11 bits per heavy atom. The van der Waals surface area contributed by atoms with E-state index in [0.717, 1.165) is 22.2 Å². The maximum atomic E-state index is 13.0. The molecule has 3 heteroatoms. The molecule has 0 unspecified atom stereocenters. The van der Waals surface area contributed by atoms with Gasteiger partial charge in [0.1, 0.15) is 18.2 Å². The fourth-order valence-corrected chi connectivity index (χ4v) is 2.20. The summed E-state index contributed by atoms with van der Waals surface area (Å²) in [6.45, 7) is 2.52. The third kappa shape index (κ3) is 3.10. The van der Waals surface area contributed by atoms with E-state index in [9.17, 15) is 4.39 Å². The van der Waals surface area contributed by atoms with Gasteiger partial charge in [-0.25, -0.2) is 4.39 Å². The van der Waals surface area contributed by atoms with Gasteiger partial charge in [-0.3, -0.25) is 0 Å². The monoisotopic (exact) mass is 308 g/mol. The second-order valence-electron chi connectivity index (χ2n) is 3.99. The van der Waals surface area contributed by atoms with Gasteiger partial charge < -0.3 is 4.74 Å². The van der Waals surface area contributed by atoms with Gasteiger partial charge in [0.15, 0.2) is 0 Å². The lowest BCUT2D eigenvalue weighted by Gasteiger charge is -2.11. The first-order chi connectivity index (χ1) is 8.70. The highest BCUT2D eigenvalue weighted by Gasteiger charge is 2.04. The van der Waals surface area contributed by atoms with Crippen LogP contribution in [0.2, 0.25) is 0 Å². The van der Waals surface area contributed by atoms with Gasteiger partial charge in [-0.1, -0.05) is 47.1 Å². The fourth-order valence-electron chi connectivity index (χ4n) is 1.73. The van der Waals surface area contributed by atoms with Crippen LogP contribution in [0, 0.1) is 5.82 Å². The van der Waals surface area contributed by atoms with Crippen molar-refractivity contribution in [3.8, 4) is 5.75 Å². The van der Waals surface area contributed by atoms with Gasteiger partial charge in [0.2, 0.25) is 0 Å². The number of rotatable bonds is 4. The molecule has 0 saturated carbocycles. The number of hydrogen-bond donors (Lipinski definition) is 0. The molecule has 0 aromatic heterocycles. The molecule has 2 rings (SSSR count). The number of benzene rings is 2. The van der Waals surface area contributed by atoms with Crippen LogP contribution in [0.15, 0.2) is 46.9 Å². The van der Waals surface area contributed by atoms with Gasteiger partial charge in [-0.2, -0.15) is 0 Å². The Bertz CT molecular complexity index is 540. The molecule has 0 aliphatic heterocycles. The third-order valence-corrected chi connectivity index (χ3v) is 3.49. The Labute approximate surface area is 115 Å². The van der Waals surface area contributed by atoms with E-state index >= 15 is 0 Å². The summed E-state index contributed by atoms with van der Waals surface area (Å²) in [5.41, 5.74) is 2.11. The Balaban J connectivity index is 2.11.